The van der Waals surface area contributed by atoms with Crippen LogP contribution in [0.3, 0.4) is 0 Å². The van der Waals surface area contributed by atoms with Crippen LogP contribution < -0.4 is 10.1 Å². The third-order valence-corrected chi connectivity index (χ3v) is 3.00. The van der Waals surface area contributed by atoms with Crippen molar-refractivity contribution < 1.29 is 14.4 Å². The summed E-state index contributed by atoms with van der Waals surface area (Å²) in [4.78, 5) is 10.5. The number of ether oxygens (including phenoxy) is 2. The lowest BCUT2D eigenvalue weighted by Gasteiger charge is -2.10. The summed E-state index contributed by atoms with van der Waals surface area (Å²) >= 11 is 0. The summed E-state index contributed by atoms with van der Waals surface area (Å²) in [5.41, 5.74) is 0.741. The number of hydrogen-bond donors (Lipinski definition) is 1. The fraction of sp³-hybridized carbons (Fsp3) is 0.529. The van der Waals surface area contributed by atoms with Crippen molar-refractivity contribution >= 4 is 5.69 Å². The van der Waals surface area contributed by atoms with E-state index in [1.54, 1.807) is 6.07 Å². The van der Waals surface area contributed by atoms with E-state index in [-0.39, 0.29) is 12.3 Å². The Bertz CT molecular complexity index is 515. The maximum absolute atomic E-state index is 10.9. The summed E-state index contributed by atoms with van der Waals surface area (Å²) in [5, 5.41) is 14.2. The molecule has 0 bridgehead atoms. The van der Waals surface area contributed by atoms with Gasteiger partial charge in [0, 0.05) is 30.3 Å². The lowest BCUT2D eigenvalue weighted by Crippen LogP contribution is -2.22. The van der Waals surface area contributed by atoms with Crippen LogP contribution in [0.1, 0.15) is 32.8 Å². The van der Waals surface area contributed by atoms with Gasteiger partial charge in [-0.05, 0) is 12.5 Å². The van der Waals surface area contributed by atoms with Gasteiger partial charge in [-0.25, -0.2) is 0 Å². The first-order valence-corrected chi connectivity index (χ1v) is 7.90. The molecule has 1 aromatic carbocycles. The largest absolute Gasteiger partial charge is 0.493 e. The number of nitro benzene ring substituents is 1. The molecule has 0 radical (unpaired) electrons. The zero-order valence-electron chi connectivity index (χ0n) is 14.1. The molecule has 0 spiro atoms. The molecule has 6 nitrogen and oxygen atoms in total. The van der Waals surface area contributed by atoms with Crippen molar-refractivity contribution in [3.8, 4) is 5.75 Å². The van der Waals surface area contributed by atoms with E-state index in [1.807, 2.05) is 19.1 Å². The summed E-state index contributed by atoms with van der Waals surface area (Å²) < 4.78 is 11.2. The van der Waals surface area contributed by atoms with E-state index in [0.717, 1.165) is 13.0 Å². The van der Waals surface area contributed by atoms with Crippen LogP contribution in [0.25, 0.3) is 0 Å². The zero-order chi connectivity index (χ0) is 17.1. The fourth-order valence-electron chi connectivity index (χ4n) is 1.84. The maximum atomic E-state index is 10.9. The highest BCUT2D eigenvalue weighted by Gasteiger charge is 2.11. The SMILES string of the molecule is CCCOc1ccc([N+](=O)[O-])cc1COC/C=C/CNC(C)C. The number of nitrogens with zero attached hydrogens (tertiary/aromatic N) is 1. The van der Waals surface area contributed by atoms with Gasteiger partial charge in [-0.15, -0.1) is 0 Å². The van der Waals surface area contributed by atoms with Crippen molar-refractivity contribution in [2.75, 3.05) is 19.8 Å². The number of nitrogens with one attached hydrogen (secondary N) is 1. The molecular formula is C17H26N2O4. The monoisotopic (exact) mass is 322 g/mol. The van der Waals surface area contributed by atoms with Crippen molar-refractivity contribution in [1.82, 2.24) is 5.32 Å². The van der Waals surface area contributed by atoms with Gasteiger partial charge in [0.1, 0.15) is 5.75 Å². The van der Waals surface area contributed by atoms with Gasteiger partial charge in [0.05, 0.1) is 24.7 Å². The van der Waals surface area contributed by atoms with Crippen molar-refractivity contribution in [2.24, 2.45) is 0 Å². The molecule has 1 N–H and O–H groups in total. The molecule has 0 heterocycles. The van der Waals surface area contributed by atoms with Crippen LogP contribution in [0, 0.1) is 10.1 Å². The first-order valence-electron chi connectivity index (χ1n) is 7.90. The normalized spacial score (nSPS) is 11.3. The highest BCUT2D eigenvalue weighted by Crippen LogP contribution is 2.25. The Morgan fingerprint density at radius 1 is 1.35 bits per heavy atom. The number of rotatable bonds is 11. The van der Waals surface area contributed by atoms with Gasteiger partial charge in [-0.1, -0.05) is 32.9 Å². The minimum Gasteiger partial charge on any atom is -0.493 e. The smallest absolute Gasteiger partial charge is 0.270 e. The quantitative estimate of drug-likeness (QED) is 0.292. The Hall–Kier alpha value is -1.92. The number of non-ortho nitro benzene ring substituents is 1. The topological polar surface area (TPSA) is 73.6 Å². The summed E-state index contributed by atoms with van der Waals surface area (Å²) in [6, 6.07) is 5.04. The minimum atomic E-state index is -0.412. The molecule has 0 fully saturated rings. The van der Waals surface area contributed by atoms with Gasteiger partial charge >= 0.3 is 0 Å². The molecule has 0 aromatic heterocycles. The minimum absolute atomic E-state index is 0.0455. The third kappa shape index (κ3) is 7.76. The third-order valence-electron chi connectivity index (χ3n) is 3.00. The lowest BCUT2D eigenvalue weighted by molar-refractivity contribution is -0.385. The molecule has 0 unspecified atom stereocenters. The Morgan fingerprint density at radius 2 is 2.13 bits per heavy atom. The second-order valence-electron chi connectivity index (χ2n) is 5.45. The molecule has 1 aromatic rings. The van der Waals surface area contributed by atoms with Gasteiger partial charge in [-0.2, -0.15) is 0 Å². The molecule has 0 amide bonds. The number of nitro groups is 1. The molecule has 0 saturated heterocycles. The molecule has 0 aliphatic heterocycles. The van der Waals surface area contributed by atoms with Crippen molar-refractivity contribution in [1.29, 1.82) is 0 Å². The summed E-state index contributed by atoms with van der Waals surface area (Å²) in [5.74, 6) is 0.642. The number of benzene rings is 1. The molecule has 0 aliphatic rings. The van der Waals surface area contributed by atoms with Gasteiger partial charge < -0.3 is 14.8 Å². The number of hydrogen-bond acceptors (Lipinski definition) is 5. The average Bonchev–Trinajstić information content (AvgIpc) is 2.52. The van der Waals surface area contributed by atoms with E-state index < -0.39 is 4.92 Å². The Balaban J connectivity index is 2.55. The van der Waals surface area contributed by atoms with Gasteiger partial charge in [0.25, 0.3) is 5.69 Å². The van der Waals surface area contributed by atoms with E-state index in [2.05, 4.69) is 19.2 Å². The molecule has 1 rings (SSSR count). The second-order valence-corrected chi connectivity index (χ2v) is 5.45. The standard InChI is InChI=1S/C17H26N2O4/c1-4-10-23-17-8-7-16(19(20)21)12-15(17)13-22-11-6-5-9-18-14(2)3/h5-8,12,14,18H,4,9-11,13H2,1-3H3/b6-5+. The average molecular weight is 322 g/mol. The summed E-state index contributed by atoms with van der Waals surface area (Å²) in [7, 11) is 0. The molecular weight excluding hydrogens is 296 g/mol. The van der Waals surface area contributed by atoms with E-state index >= 15 is 0 Å². The van der Waals surface area contributed by atoms with Crippen molar-refractivity contribution in [3.05, 3.63) is 46.0 Å². The van der Waals surface area contributed by atoms with Crippen molar-refractivity contribution in [3.63, 3.8) is 0 Å². The van der Waals surface area contributed by atoms with E-state index in [9.17, 15) is 10.1 Å². The van der Waals surface area contributed by atoms with E-state index in [4.69, 9.17) is 9.47 Å². The Morgan fingerprint density at radius 3 is 2.78 bits per heavy atom. The van der Waals surface area contributed by atoms with E-state index in [1.165, 1.54) is 12.1 Å². The zero-order valence-corrected chi connectivity index (χ0v) is 14.1. The molecule has 6 heteroatoms. The van der Waals surface area contributed by atoms with Gasteiger partial charge in [-0.3, -0.25) is 10.1 Å². The van der Waals surface area contributed by atoms with Gasteiger partial charge in [0.2, 0.25) is 0 Å². The highest BCUT2D eigenvalue weighted by molar-refractivity contribution is 5.43. The summed E-state index contributed by atoms with van der Waals surface area (Å²) in [6.07, 6.45) is 4.81. The first-order chi connectivity index (χ1) is 11.0. The predicted molar refractivity (Wildman–Crippen MR) is 90.8 cm³/mol. The molecule has 23 heavy (non-hydrogen) atoms. The maximum Gasteiger partial charge on any atom is 0.270 e. The van der Waals surface area contributed by atoms with Gasteiger partial charge in [0.15, 0.2) is 0 Å². The van der Waals surface area contributed by atoms with Crippen LogP contribution in [0.5, 0.6) is 5.75 Å². The van der Waals surface area contributed by atoms with Crippen molar-refractivity contribution in [2.45, 2.75) is 39.8 Å². The van der Waals surface area contributed by atoms with Crippen LogP contribution in [0.2, 0.25) is 0 Å². The Labute approximate surface area is 137 Å². The first kappa shape index (κ1) is 19.1. The van der Waals surface area contributed by atoms with Crippen LogP contribution in [-0.2, 0) is 11.3 Å². The molecule has 0 atom stereocenters. The fourth-order valence-corrected chi connectivity index (χ4v) is 1.84. The van der Waals surface area contributed by atoms with Crippen LogP contribution in [0.4, 0.5) is 5.69 Å². The molecule has 128 valence electrons. The highest BCUT2D eigenvalue weighted by atomic mass is 16.6. The van der Waals surface area contributed by atoms with Crippen LogP contribution in [0.15, 0.2) is 30.4 Å². The van der Waals surface area contributed by atoms with Crippen LogP contribution >= 0.6 is 0 Å². The second kappa shape index (κ2) is 10.7. The van der Waals surface area contributed by atoms with E-state index in [0.29, 0.717) is 30.6 Å². The Kier molecular flexibility index (Phi) is 8.94. The molecule has 0 saturated carbocycles. The lowest BCUT2D eigenvalue weighted by atomic mass is 10.2. The van der Waals surface area contributed by atoms with Crippen LogP contribution in [-0.4, -0.2) is 30.7 Å². The predicted octanol–water partition coefficient (Wildman–Crippen LogP) is 3.45. The summed E-state index contributed by atoms with van der Waals surface area (Å²) in [6.45, 7) is 8.29. The molecule has 0 aliphatic carbocycles.